The zero-order valence-electron chi connectivity index (χ0n) is 15.6. The van der Waals surface area contributed by atoms with Crippen molar-refractivity contribution in [2.75, 3.05) is 7.05 Å². The first kappa shape index (κ1) is 18.9. The number of carbonyl (C=O) groups is 1. The molecular weight excluding hydrogens is 360 g/mol. The fourth-order valence-corrected chi connectivity index (χ4v) is 3.16. The molecule has 2 aromatic heterocycles. The minimum Gasteiger partial charge on any atom is -0.487 e. The Kier molecular flexibility index (Phi) is 6.08. The molecule has 0 aliphatic carbocycles. The summed E-state index contributed by atoms with van der Waals surface area (Å²) in [6.07, 6.45) is 4.93. The predicted octanol–water partition coefficient (Wildman–Crippen LogP) is 4.86. The SMILES string of the molecule is Cc1nc(COc2ccccc2/C=C/C(=O)N(C)C(C)c2ccco2)cs1. The summed E-state index contributed by atoms with van der Waals surface area (Å²) in [7, 11) is 1.76. The molecule has 0 fully saturated rings. The molecule has 5 nitrogen and oxygen atoms in total. The van der Waals surface area contributed by atoms with Crippen molar-refractivity contribution >= 4 is 23.3 Å². The van der Waals surface area contributed by atoms with Crippen LogP contribution in [0.3, 0.4) is 0 Å². The quantitative estimate of drug-likeness (QED) is 0.548. The molecule has 1 aromatic carbocycles. The second kappa shape index (κ2) is 8.68. The molecule has 3 aromatic rings. The second-order valence-electron chi connectivity index (χ2n) is 6.16. The maximum atomic E-state index is 12.5. The first-order valence-electron chi connectivity index (χ1n) is 8.65. The fourth-order valence-electron chi connectivity index (χ4n) is 2.57. The number of amides is 1. The molecule has 1 atom stereocenters. The first-order chi connectivity index (χ1) is 13.0. The third-order valence-corrected chi connectivity index (χ3v) is 5.07. The largest absolute Gasteiger partial charge is 0.487 e. The van der Waals surface area contributed by atoms with Crippen molar-refractivity contribution in [3.8, 4) is 5.75 Å². The summed E-state index contributed by atoms with van der Waals surface area (Å²) in [5.74, 6) is 1.36. The Hall–Kier alpha value is -2.86. The number of hydrogen-bond acceptors (Lipinski definition) is 5. The maximum Gasteiger partial charge on any atom is 0.246 e. The number of hydrogen-bond donors (Lipinski definition) is 0. The van der Waals surface area contributed by atoms with Gasteiger partial charge in [0.25, 0.3) is 0 Å². The van der Waals surface area contributed by atoms with E-state index in [-0.39, 0.29) is 11.9 Å². The maximum absolute atomic E-state index is 12.5. The average molecular weight is 382 g/mol. The molecule has 0 N–H and O–H groups in total. The Labute approximate surface area is 162 Å². The van der Waals surface area contributed by atoms with Crippen LogP contribution in [0.4, 0.5) is 0 Å². The Morgan fingerprint density at radius 3 is 2.85 bits per heavy atom. The van der Waals surface area contributed by atoms with Crippen molar-refractivity contribution in [3.63, 3.8) is 0 Å². The Morgan fingerprint density at radius 2 is 2.15 bits per heavy atom. The van der Waals surface area contributed by atoms with E-state index in [4.69, 9.17) is 9.15 Å². The van der Waals surface area contributed by atoms with Gasteiger partial charge in [0.2, 0.25) is 5.91 Å². The summed E-state index contributed by atoms with van der Waals surface area (Å²) in [5.41, 5.74) is 1.75. The molecule has 0 saturated carbocycles. The van der Waals surface area contributed by atoms with Gasteiger partial charge in [-0.3, -0.25) is 4.79 Å². The lowest BCUT2D eigenvalue weighted by atomic mass is 10.1. The molecule has 1 unspecified atom stereocenters. The van der Waals surface area contributed by atoms with Crippen molar-refractivity contribution in [2.45, 2.75) is 26.5 Å². The molecular formula is C21H22N2O3S. The highest BCUT2D eigenvalue weighted by Crippen LogP contribution is 2.23. The Bertz CT molecular complexity index is 915. The van der Waals surface area contributed by atoms with Gasteiger partial charge in [-0.25, -0.2) is 4.98 Å². The monoisotopic (exact) mass is 382 g/mol. The van der Waals surface area contributed by atoms with E-state index in [0.717, 1.165) is 22.0 Å². The summed E-state index contributed by atoms with van der Waals surface area (Å²) < 4.78 is 11.3. The molecule has 0 aliphatic rings. The third-order valence-electron chi connectivity index (χ3n) is 4.25. The van der Waals surface area contributed by atoms with Crippen LogP contribution in [0.25, 0.3) is 6.08 Å². The molecule has 27 heavy (non-hydrogen) atoms. The molecule has 0 spiro atoms. The Balaban J connectivity index is 1.66. The van der Waals surface area contributed by atoms with Gasteiger partial charge in [0, 0.05) is 24.1 Å². The van der Waals surface area contributed by atoms with E-state index in [1.54, 1.807) is 41.7 Å². The third kappa shape index (κ3) is 4.86. The minimum atomic E-state index is -0.142. The van der Waals surface area contributed by atoms with Gasteiger partial charge in [-0.1, -0.05) is 18.2 Å². The van der Waals surface area contributed by atoms with Crippen LogP contribution in [0, 0.1) is 6.92 Å². The van der Waals surface area contributed by atoms with Gasteiger partial charge >= 0.3 is 0 Å². The lowest BCUT2D eigenvalue weighted by Gasteiger charge is -2.21. The van der Waals surface area contributed by atoms with Gasteiger partial charge in [0.15, 0.2) is 0 Å². The first-order valence-corrected chi connectivity index (χ1v) is 9.53. The van der Waals surface area contributed by atoms with E-state index in [1.807, 2.05) is 55.6 Å². The van der Waals surface area contributed by atoms with Crippen LogP contribution < -0.4 is 4.74 Å². The van der Waals surface area contributed by atoms with Crippen molar-refractivity contribution in [3.05, 3.63) is 76.1 Å². The predicted molar refractivity (Wildman–Crippen MR) is 107 cm³/mol. The van der Waals surface area contributed by atoms with E-state index in [0.29, 0.717) is 12.4 Å². The van der Waals surface area contributed by atoms with Crippen molar-refractivity contribution in [2.24, 2.45) is 0 Å². The summed E-state index contributed by atoms with van der Waals surface area (Å²) in [6.45, 7) is 4.30. The standard InChI is InChI=1S/C21H22N2O3S/c1-15(19-9-6-12-25-19)23(3)21(24)11-10-17-7-4-5-8-20(17)26-13-18-14-27-16(2)22-18/h4-12,14-15H,13H2,1-3H3/b11-10+. The topological polar surface area (TPSA) is 55.6 Å². The second-order valence-corrected chi connectivity index (χ2v) is 7.22. The van der Waals surface area contributed by atoms with Gasteiger partial charge in [-0.15, -0.1) is 11.3 Å². The van der Waals surface area contributed by atoms with Gasteiger partial charge in [0.1, 0.15) is 18.1 Å². The number of likely N-dealkylation sites (N-methyl/N-ethyl adjacent to an activating group) is 1. The summed E-state index contributed by atoms with van der Waals surface area (Å²) in [5, 5.41) is 3.00. The van der Waals surface area contributed by atoms with E-state index in [9.17, 15) is 4.79 Å². The highest BCUT2D eigenvalue weighted by atomic mass is 32.1. The molecule has 140 valence electrons. The van der Waals surface area contributed by atoms with E-state index in [1.165, 1.54) is 0 Å². The number of thiazole rings is 1. The minimum absolute atomic E-state index is 0.108. The van der Waals surface area contributed by atoms with Crippen molar-refractivity contribution in [1.29, 1.82) is 0 Å². The lowest BCUT2D eigenvalue weighted by Crippen LogP contribution is -2.27. The molecule has 0 saturated heterocycles. The van der Waals surface area contributed by atoms with E-state index in [2.05, 4.69) is 4.98 Å². The van der Waals surface area contributed by atoms with Crippen molar-refractivity contribution < 1.29 is 13.9 Å². The average Bonchev–Trinajstić information content (AvgIpc) is 3.35. The van der Waals surface area contributed by atoms with Crippen LogP contribution in [-0.2, 0) is 11.4 Å². The summed E-state index contributed by atoms with van der Waals surface area (Å²) in [4.78, 5) is 18.5. The molecule has 2 heterocycles. The number of furan rings is 1. The number of para-hydroxylation sites is 1. The number of carbonyl (C=O) groups excluding carboxylic acids is 1. The van der Waals surface area contributed by atoms with Crippen LogP contribution >= 0.6 is 11.3 Å². The molecule has 0 bridgehead atoms. The normalized spacial score (nSPS) is 12.3. The molecule has 1 amide bonds. The Morgan fingerprint density at radius 1 is 1.33 bits per heavy atom. The zero-order valence-corrected chi connectivity index (χ0v) is 16.4. The summed E-state index contributed by atoms with van der Waals surface area (Å²) >= 11 is 1.60. The fraction of sp³-hybridized carbons (Fsp3) is 0.238. The number of ether oxygens (including phenoxy) is 1. The lowest BCUT2D eigenvalue weighted by molar-refractivity contribution is -0.126. The van der Waals surface area contributed by atoms with Crippen LogP contribution in [0.15, 0.2) is 58.5 Å². The smallest absolute Gasteiger partial charge is 0.246 e. The van der Waals surface area contributed by atoms with Gasteiger partial charge in [-0.2, -0.15) is 0 Å². The van der Waals surface area contributed by atoms with Crippen LogP contribution in [-0.4, -0.2) is 22.8 Å². The number of aromatic nitrogens is 1. The summed E-state index contributed by atoms with van der Waals surface area (Å²) in [6, 6.07) is 11.2. The van der Waals surface area contributed by atoms with Gasteiger partial charge < -0.3 is 14.1 Å². The van der Waals surface area contributed by atoms with Gasteiger partial charge in [-0.05, 0) is 38.1 Å². The zero-order chi connectivity index (χ0) is 19.2. The highest BCUT2D eigenvalue weighted by molar-refractivity contribution is 7.09. The van der Waals surface area contributed by atoms with Crippen LogP contribution in [0.1, 0.15) is 35.0 Å². The molecule has 3 rings (SSSR count). The van der Waals surface area contributed by atoms with E-state index >= 15 is 0 Å². The van der Waals surface area contributed by atoms with Gasteiger partial charge in [0.05, 0.1) is 23.0 Å². The molecule has 6 heteroatoms. The van der Waals surface area contributed by atoms with Crippen molar-refractivity contribution in [1.82, 2.24) is 9.88 Å². The number of rotatable bonds is 7. The molecule has 0 aliphatic heterocycles. The van der Waals surface area contributed by atoms with Crippen LogP contribution in [0.2, 0.25) is 0 Å². The number of nitrogens with zero attached hydrogens (tertiary/aromatic N) is 2. The van der Waals surface area contributed by atoms with E-state index < -0.39 is 0 Å². The number of benzene rings is 1. The highest BCUT2D eigenvalue weighted by Gasteiger charge is 2.17. The molecule has 0 radical (unpaired) electrons. The number of aryl methyl sites for hydroxylation is 1. The van der Waals surface area contributed by atoms with Crippen LogP contribution in [0.5, 0.6) is 5.75 Å².